The van der Waals surface area contributed by atoms with Crippen LogP contribution in [0.1, 0.15) is 21.5 Å². The van der Waals surface area contributed by atoms with Crippen molar-refractivity contribution in [3.05, 3.63) is 108 Å². The Morgan fingerprint density at radius 3 is 2.23 bits per heavy atom. The SMILES string of the molecule is O=C(Oc1cc(Cc2ccccc2)ccc1N1C=C(O)NS1(=O)=O)c1ccccc1. The fraction of sp³-hybridized carbons (Fsp3) is 0.0455. The predicted molar refractivity (Wildman–Crippen MR) is 112 cm³/mol. The lowest BCUT2D eigenvalue weighted by atomic mass is 10.0. The second-order valence-electron chi connectivity index (χ2n) is 6.64. The molecule has 1 heterocycles. The van der Waals surface area contributed by atoms with Crippen molar-refractivity contribution in [3.63, 3.8) is 0 Å². The van der Waals surface area contributed by atoms with Gasteiger partial charge in [0.15, 0.2) is 5.75 Å². The number of anilines is 1. The van der Waals surface area contributed by atoms with Gasteiger partial charge < -0.3 is 9.84 Å². The fourth-order valence-corrected chi connectivity index (χ4v) is 4.15. The van der Waals surface area contributed by atoms with E-state index in [0.717, 1.165) is 21.6 Å². The first-order valence-electron chi connectivity index (χ1n) is 9.09. The van der Waals surface area contributed by atoms with Crippen LogP contribution in [0, 0.1) is 0 Å². The van der Waals surface area contributed by atoms with Crippen molar-refractivity contribution in [2.45, 2.75) is 6.42 Å². The van der Waals surface area contributed by atoms with Gasteiger partial charge in [0.25, 0.3) is 0 Å². The number of carbonyl (C=O) groups is 1. The average Bonchev–Trinajstić information content (AvgIpc) is 3.01. The number of hydrogen-bond acceptors (Lipinski definition) is 5. The number of benzene rings is 3. The highest BCUT2D eigenvalue weighted by atomic mass is 32.2. The van der Waals surface area contributed by atoms with Crippen molar-refractivity contribution in [1.29, 1.82) is 0 Å². The zero-order valence-corrected chi connectivity index (χ0v) is 16.5. The van der Waals surface area contributed by atoms with Crippen LogP contribution in [0.15, 0.2) is 90.9 Å². The monoisotopic (exact) mass is 422 g/mol. The van der Waals surface area contributed by atoms with Crippen LogP contribution in [0.5, 0.6) is 5.75 Å². The van der Waals surface area contributed by atoms with Crippen molar-refractivity contribution < 1.29 is 23.1 Å². The molecule has 0 radical (unpaired) electrons. The van der Waals surface area contributed by atoms with Crippen LogP contribution in [0.4, 0.5) is 5.69 Å². The highest BCUT2D eigenvalue weighted by Crippen LogP contribution is 2.34. The maximum absolute atomic E-state index is 12.6. The molecule has 0 amide bonds. The molecule has 152 valence electrons. The zero-order chi connectivity index (χ0) is 21.1. The molecular formula is C22H18N2O5S. The van der Waals surface area contributed by atoms with Gasteiger partial charge >= 0.3 is 16.2 Å². The number of hydrogen-bond donors (Lipinski definition) is 2. The molecule has 0 unspecified atom stereocenters. The Morgan fingerprint density at radius 1 is 0.933 bits per heavy atom. The van der Waals surface area contributed by atoms with Gasteiger partial charge in [-0.3, -0.25) is 0 Å². The van der Waals surface area contributed by atoms with Crippen LogP contribution in [0.2, 0.25) is 0 Å². The molecule has 0 aliphatic carbocycles. The fourth-order valence-electron chi connectivity index (χ4n) is 3.08. The van der Waals surface area contributed by atoms with E-state index in [1.807, 2.05) is 35.1 Å². The summed E-state index contributed by atoms with van der Waals surface area (Å²) in [6, 6.07) is 23.0. The summed E-state index contributed by atoms with van der Waals surface area (Å²) in [5.74, 6) is -1.08. The molecule has 0 spiro atoms. The highest BCUT2D eigenvalue weighted by Gasteiger charge is 2.31. The molecule has 4 rings (SSSR count). The quantitative estimate of drug-likeness (QED) is 0.485. The molecule has 0 atom stereocenters. The lowest BCUT2D eigenvalue weighted by Crippen LogP contribution is -2.30. The maximum Gasteiger partial charge on any atom is 0.343 e. The maximum atomic E-state index is 12.6. The van der Waals surface area contributed by atoms with Gasteiger partial charge in [-0.2, -0.15) is 8.42 Å². The van der Waals surface area contributed by atoms with E-state index in [2.05, 4.69) is 0 Å². The van der Waals surface area contributed by atoms with E-state index in [4.69, 9.17) is 4.74 Å². The van der Waals surface area contributed by atoms with Crippen LogP contribution >= 0.6 is 0 Å². The van der Waals surface area contributed by atoms with E-state index in [1.54, 1.807) is 48.5 Å². The Morgan fingerprint density at radius 2 is 1.60 bits per heavy atom. The standard InChI is InChI=1S/C22H18N2O5S/c25-21-15-24(30(27,28)23-21)19-12-11-17(13-16-7-3-1-4-8-16)14-20(19)29-22(26)18-9-5-2-6-10-18/h1-12,14-15,23,25H,13H2. The molecule has 7 nitrogen and oxygen atoms in total. The van der Waals surface area contributed by atoms with E-state index in [1.165, 1.54) is 0 Å². The minimum atomic E-state index is -4.03. The number of nitrogens with one attached hydrogen (secondary N) is 1. The predicted octanol–water partition coefficient (Wildman–Crippen LogP) is 3.51. The Kier molecular flexibility index (Phi) is 5.16. The molecule has 30 heavy (non-hydrogen) atoms. The Bertz CT molecular complexity index is 1210. The van der Waals surface area contributed by atoms with Gasteiger partial charge in [0.05, 0.1) is 11.8 Å². The molecule has 0 saturated heterocycles. The minimum Gasteiger partial charge on any atom is -0.493 e. The van der Waals surface area contributed by atoms with E-state index in [-0.39, 0.29) is 11.4 Å². The molecule has 0 aromatic heterocycles. The van der Waals surface area contributed by atoms with Crippen molar-refractivity contribution in [2.75, 3.05) is 4.31 Å². The lowest BCUT2D eigenvalue weighted by Gasteiger charge is -2.18. The summed E-state index contributed by atoms with van der Waals surface area (Å²) in [6.07, 6.45) is 1.59. The Hall–Kier alpha value is -3.78. The van der Waals surface area contributed by atoms with Crippen molar-refractivity contribution in [1.82, 2.24) is 4.72 Å². The van der Waals surface area contributed by atoms with Crippen LogP contribution < -0.4 is 13.8 Å². The van der Waals surface area contributed by atoms with E-state index < -0.39 is 22.1 Å². The number of ether oxygens (including phenoxy) is 1. The molecule has 0 fully saturated rings. The number of esters is 1. The first-order valence-corrected chi connectivity index (χ1v) is 10.5. The molecule has 3 aromatic rings. The molecule has 0 saturated carbocycles. The van der Waals surface area contributed by atoms with E-state index >= 15 is 0 Å². The van der Waals surface area contributed by atoms with Crippen LogP contribution in [-0.2, 0) is 16.6 Å². The summed E-state index contributed by atoms with van der Waals surface area (Å²) in [5, 5.41) is 9.62. The molecule has 8 heteroatoms. The molecule has 1 aliphatic rings. The summed E-state index contributed by atoms with van der Waals surface area (Å²) in [7, 11) is -4.03. The smallest absolute Gasteiger partial charge is 0.343 e. The van der Waals surface area contributed by atoms with Crippen LogP contribution in [-0.4, -0.2) is 19.5 Å². The lowest BCUT2D eigenvalue weighted by molar-refractivity contribution is 0.0735. The summed E-state index contributed by atoms with van der Waals surface area (Å²) in [6.45, 7) is 0. The third kappa shape index (κ3) is 4.13. The Balaban J connectivity index is 1.73. The third-order valence-corrected chi connectivity index (χ3v) is 5.74. The first kappa shape index (κ1) is 19.5. The topological polar surface area (TPSA) is 95.9 Å². The largest absolute Gasteiger partial charge is 0.493 e. The van der Waals surface area contributed by atoms with Gasteiger partial charge in [-0.25, -0.2) is 13.8 Å². The van der Waals surface area contributed by atoms with Crippen LogP contribution in [0.25, 0.3) is 0 Å². The van der Waals surface area contributed by atoms with Crippen molar-refractivity contribution in [2.24, 2.45) is 0 Å². The normalized spacial score (nSPS) is 14.7. The number of aliphatic hydroxyl groups is 1. The van der Waals surface area contributed by atoms with Crippen LogP contribution in [0.3, 0.4) is 0 Å². The van der Waals surface area contributed by atoms with Crippen molar-refractivity contribution in [3.8, 4) is 5.75 Å². The second kappa shape index (κ2) is 7.92. The molecule has 3 aromatic carbocycles. The highest BCUT2D eigenvalue weighted by molar-refractivity contribution is 7.91. The number of nitrogens with zero attached hydrogens (tertiary/aromatic N) is 1. The summed E-state index contributed by atoms with van der Waals surface area (Å²) >= 11 is 0. The summed E-state index contributed by atoms with van der Waals surface area (Å²) in [5.41, 5.74) is 2.32. The van der Waals surface area contributed by atoms with Gasteiger partial charge in [0, 0.05) is 0 Å². The molecular weight excluding hydrogens is 404 g/mol. The van der Waals surface area contributed by atoms with Gasteiger partial charge in [0.2, 0.25) is 5.88 Å². The van der Waals surface area contributed by atoms with Gasteiger partial charge in [-0.05, 0) is 41.8 Å². The summed E-state index contributed by atoms with van der Waals surface area (Å²) < 4.78 is 33.0. The van der Waals surface area contributed by atoms with Gasteiger partial charge in [-0.1, -0.05) is 54.6 Å². The third-order valence-electron chi connectivity index (χ3n) is 4.46. The second-order valence-corrected chi connectivity index (χ2v) is 8.18. The minimum absolute atomic E-state index is 0.0635. The molecule has 0 bridgehead atoms. The molecule has 2 N–H and O–H groups in total. The Labute approximate surface area is 174 Å². The van der Waals surface area contributed by atoms with Gasteiger partial charge in [0.1, 0.15) is 5.69 Å². The van der Waals surface area contributed by atoms with E-state index in [9.17, 15) is 18.3 Å². The number of carbonyl (C=O) groups excluding carboxylic acids is 1. The number of aliphatic hydroxyl groups excluding tert-OH is 1. The zero-order valence-electron chi connectivity index (χ0n) is 15.7. The molecule has 1 aliphatic heterocycles. The van der Waals surface area contributed by atoms with Gasteiger partial charge in [-0.15, -0.1) is 0 Å². The first-order chi connectivity index (χ1) is 14.4. The van der Waals surface area contributed by atoms with E-state index in [0.29, 0.717) is 12.0 Å². The number of rotatable bonds is 5. The average molecular weight is 422 g/mol. The van der Waals surface area contributed by atoms with Crippen molar-refractivity contribution >= 4 is 21.9 Å². The summed E-state index contributed by atoms with van der Waals surface area (Å²) in [4.78, 5) is 12.6.